The van der Waals surface area contributed by atoms with Crippen molar-refractivity contribution >= 4 is 28.1 Å². The molecular weight excluding hydrogens is 284 g/mol. The van der Waals surface area contributed by atoms with Gasteiger partial charge in [0.05, 0.1) is 11.4 Å². The quantitative estimate of drug-likeness (QED) is 0.911. The number of amides is 1. The van der Waals surface area contributed by atoms with E-state index >= 15 is 0 Å². The number of nitrogens with zero attached hydrogens (tertiary/aromatic N) is 2. The predicted octanol–water partition coefficient (Wildman–Crippen LogP) is 3.07. The van der Waals surface area contributed by atoms with Crippen molar-refractivity contribution in [1.82, 2.24) is 9.55 Å². The third-order valence-corrected chi connectivity index (χ3v) is 4.75. The van der Waals surface area contributed by atoms with E-state index in [0.29, 0.717) is 16.5 Å². The fourth-order valence-corrected chi connectivity index (χ4v) is 3.76. The van der Waals surface area contributed by atoms with Gasteiger partial charge in [-0.3, -0.25) is 10.1 Å². The zero-order valence-corrected chi connectivity index (χ0v) is 13.0. The Labute approximate surface area is 128 Å². The molecule has 0 unspecified atom stereocenters. The topological polar surface area (TPSA) is 72.9 Å². The molecule has 0 atom stereocenters. The van der Waals surface area contributed by atoms with E-state index in [2.05, 4.69) is 17.2 Å². The highest BCUT2D eigenvalue weighted by Crippen LogP contribution is 2.29. The monoisotopic (exact) mass is 304 g/mol. The Balaban J connectivity index is 1.78. The van der Waals surface area contributed by atoms with Gasteiger partial charge in [0.15, 0.2) is 5.13 Å². The van der Waals surface area contributed by atoms with Gasteiger partial charge in [0.25, 0.3) is 5.91 Å². The molecule has 0 saturated heterocycles. The van der Waals surface area contributed by atoms with Crippen molar-refractivity contribution in [3.8, 4) is 0 Å². The maximum Gasteiger partial charge on any atom is 0.274 e. The third-order valence-electron chi connectivity index (χ3n) is 3.68. The molecule has 0 aromatic carbocycles. The molecule has 0 aliphatic heterocycles. The predicted molar refractivity (Wildman–Crippen MR) is 85.8 cm³/mol. The van der Waals surface area contributed by atoms with E-state index in [9.17, 15) is 4.79 Å². The molecule has 0 spiro atoms. The average Bonchev–Trinajstić information content (AvgIpc) is 3.02. The maximum absolute atomic E-state index is 12.4. The molecule has 0 fully saturated rings. The van der Waals surface area contributed by atoms with Crippen LogP contribution in [0.4, 0.5) is 10.8 Å². The van der Waals surface area contributed by atoms with E-state index in [1.54, 1.807) is 17.4 Å². The molecule has 2 aromatic rings. The molecule has 1 aliphatic rings. The number of aryl methyl sites for hydroxylation is 3. The van der Waals surface area contributed by atoms with Crippen molar-refractivity contribution in [3.63, 3.8) is 0 Å². The van der Waals surface area contributed by atoms with Crippen LogP contribution in [-0.2, 0) is 19.4 Å². The Kier molecular flexibility index (Phi) is 3.96. The molecule has 1 aliphatic carbocycles. The molecule has 6 heteroatoms. The number of hydrogen-bond donors (Lipinski definition) is 2. The Bertz CT molecular complexity index is 635. The van der Waals surface area contributed by atoms with Crippen LogP contribution in [0, 0.1) is 0 Å². The molecule has 3 rings (SSSR count). The average molecular weight is 304 g/mol. The van der Waals surface area contributed by atoms with E-state index in [1.165, 1.54) is 17.7 Å². The number of nitrogens with one attached hydrogen (secondary N) is 1. The smallest absolute Gasteiger partial charge is 0.274 e. The summed E-state index contributed by atoms with van der Waals surface area (Å²) in [5.41, 5.74) is 8.18. The van der Waals surface area contributed by atoms with Crippen LogP contribution in [0.1, 0.15) is 47.2 Å². The van der Waals surface area contributed by atoms with Crippen LogP contribution in [0.2, 0.25) is 0 Å². The number of rotatable bonds is 4. The van der Waals surface area contributed by atoms with Gasteiger partial charge in [0.2, 0.25) is 0 Å². The van der Waals surface area contributed by atoms with Crippen molar-refractivity contribution in [3.05, 3.63) is 28.5 Å². The molecular formula is C15H20N4OS. The number of aromatic nitrogens is 2. The number of carbonyl (C=O) groups excluding carboxylic acids is 1. The first-order valence-electron chi connectivity index (χ1n) is 7.43. The normalized spacial score (nSPS) is 14.0. The van der Waals surface area contributed by atoms with Gasteiger partial charge in [-0.15, -0.1) is 11.3 Å². The maximum atomic E-state index is 12.4. The lowest BCUT2D eigenvalue weighted by atomic mass is 10.0. The zero-order valence-electron chi connectivity index (χ0n) is 12.2. The first-order valence-corrected chi connectivity index (χ1v) is 8.24. The minimum absolute atomic E-state index is 0.133. The summed E-state index contributed by atoms with van der Waals surface area (Å²) < 4.78 is 1.90. The van der Waals surface area contributed by atoms with Gasteiger partial charge in [-0.2, -0.15) is 0 Å². The van der Waals surface area contributed by atoms with Crippen molar-refractivity contribution in [2.24, 2.45) is 0 Å². The first-order chi connectivity index (χ1) is 10.2. The summed E-state index contributed by atoms with van der Waals surface area (Å²) >= 11 is 1.60. The van der Waals surface area contributed by atoms with Gasteiger partial charge in [-0.05, 0) is 38.2 Å². The van der Waals surface area contributed by atoms with E-state index in [4.69, 9.17) is 5.73 Å². The molecule has 1 amide bonds. The SMILES string of the molecule is CCCn1cc(N)cc1C(=O)Nc1nc2c(s1)CCCC2. The number of nitrogens with two attached hydrogens (primary N) is 1. The first kappa shape index (κ1) is 14.1. The molecule has 0 radical (unpaired) electrons. The lowest BCUT2D eigenvalue weighted by Gasteiger charge is -2.06. The van der Waals surface area contributed by atoms with Crippen LogP contribution in [0.15, 0.2) is 12.3 Å². The summed E-state index contributed by atoms with van der Waals surface area (Å²) in [6, 6.07) is 1.72. The third kappa shape index (κ3) is 2.95. The van der Waals surface area contributed by atoms with Gasteiger partial charge in [0.1, 0.15) is 5.69 Å². The molecule has 5 nitrogen and oxygen atoms in total. The molecule has 21 heavy (non-hydrogen) atoms. The van der Waals surface area contributed by atoms with E-state index in [0.717, 1.165) is 31.5 Å². The fourth-order valence-electron chi connectivity index (χ4n) is 2.72. The number of thiazole rings is 1. The second-order valence-corrected chi connectivity index (χ2v) is 6.49. The van der Waals surface area contributed by atoms with Gasteiger partial charge in [-0.1, -0.05) is 6.92 Å². The minimum atomic E-state index is -0.133. The zero-order chi connectivity index (χ0) is 14.8. The van der Waals surface area contributed by atoms with Crippen LogP contribution in [0.25, 0.3) is 0 Å². The van der Waals surface area contributed by atoms with Crippen LogP contribution in [0.3, 0.4) is 0 Å². The van der Waals surface area contributed by atoms with E-state index < -0.39 is 0 Å². The van der Waals surface area contributed by atoms with Crippen LogP contribution < -0.4 is 11.1 Å². The summed E-state index contributed by atoms with van der Waals surface area (Å²) in [6.45, 7) is 2.86. The highest BCUT2D eigenvalue weighted by molar-refractivity contribution is 7.15. The van der Waals surface area contributed by atoms with Gasteiger partial charge in [0, 0.05) is 17.6 Å². The highest BCUT2D eigenvalue weighted by Gasteiger charge is 2.18. The summed E-state index contributed by atoms with van der Waals surface area (Å²) in [6.07, 6.45) is 7.30. The van der Waals surface area contributed by atoms with E-state index in [-0.39, 0.29) is 5.91 Å². The van der Waals surface area contributed by atoms with Crippen LogP contribution in [-0.4, -0.2) is 15.5 Å². The second kappa shape index (κ2) is 5.89. The summed E-state index contributed by atoms with van der Waals surface area (Å²) in [4.78, 5) is 18.3. The Hall–Kier alpha value is -1.82. The number of nitrogen functional groups attached to an aromatic ring is 1. The minimum Gasteiger partial charge on any atom is -0.397 e. The largest absolute Gasteiger partial charge is 0.397 e. The van der Waals surface area contributed by atoms with Crippen molar-refractivity contribution in [1.29, 1.82) is 0 Å². The molecule has 2 aromatic heterocycles. The lowest BCUT2D eigenvalue weighted by molar-refractivity contribution is 0.101. The summed E-state index contributed by atoms with van der Waals surface area (Å²) in [5.74, 6) is -0.133. The molecule has 2 heterocycles. The van der Waals surface area contributed by atoms with E-state index in [1.807, 2.05) is 10.8 Å². The second-order valence-electron chi connectivity index (χ2n) is 5.40. The molecule has 0 saturated carbocycles. The number of carbonyl (C=O) groups is 1. The molecule has 3 N–H and O–H groups in total. The van der Waals surface area contributed by atoms with Crippen molar-refractivity contribution < 1.29 is 4.79 Å². The number of fused-ring (bicyclic) bond motifs is 1. The Morgan fingerprint density at radius 3 is 3.05 bits per heavy atom. The lowest BCUT2D eigenvalue weighted by Crippen LogP contribution is -2.16. The standard InChI is InChI=1S/C15H20N4OS/c1-2-7-19-9-10(16)8-12(19)14(20)18-15-17-11-5-3-4-6-13(11)21-15/h8-9H,2-7,16H2,1H3,(H,17,18,20). The number of anilines is 2. The van der Waals surface area contributed by atoms with Gasteiger partial charge >= 0.3 is 0 Å². The van der Waals surface area contributed by atoms with Crippen LogP contribution in [0.5, 0.6) is 0 Å². The van der Waals surface area contributed by atoms with Gasteiger partial charge in [-0.25, -0.2) is 4.98 Å². The molecule has 0 bridgehead atoms. The Morgan fingerprint density at radius 1 is 1.48 bits per heavy atom. The Morgan fingerprint density at radius 2 is 2.29 bits per heavy atom. The van der Waals surface area contributed by atoms with Gasteiger partial charge < -0.3 is 10.3 Å². The van der Waals surface area contributed by atoms with Crippen molar-refractivity contribution in [2.45, 2.75) is 45.6 Å². The summed E-state index contributed by atoms with van der Waals surface area (Å²) in [7, 11) is 0. The molecule has 112 valence electrons. The van der Waals surface area contributed by atoms with Crippen molar-refractivity contribution in [2.75, 3.05) is 11.1 Å². The highest BCUT2D eigenvalue weighted by atomic mass is 32.1. The fraction of sp³-hybridized carbons (Fsp3) is 0.467. The number of hydrogen-bond acceptors (Lipinski definition) is 4. The van der Waals surface area contributed by atoms with Crippen LogP contribution >= 0.6 is 11.3 Å². The summed E-state index contributed by atoms with van der Waals surface area (Å²) in [5, 5.41) is 3.62.